The Balaban J connectivity index is 1.42. The van der Waals surface area contributed by atoms with Gasteiger partial charge in [-0.15, -0.1) is 0 Å². The molecule has 27 heavy (non-hydrogen) atoms. The number of pyridine rings is 1. The summed E-state index contributed by atoms with van der Waals surface area (Å²) < 4.78 is 0. The van der Waals surface area contributed by atoms with E-state index in [1.165, 1.54) is 12.4 Å². The minimum absolute atomic E-state index is 0.0916. The molecule has 0 aliphatic carbocycles. The molecule has 2 atom stereocenters. The SMILES string of the molecule is O=C(c1cnccn1)N1C[C@@H]2CC[C@H](C1)N(C(=O)CCc1ccncc1)C2. The molecule has 3 saturated heterocycles. The van der Waals surface area contributed by atoms with E-state index in [-0.39, 0.29) is 17.9 Å². The van der Waals surface area contributed by atoms with Gasteiger partial charge in [0.05, 0.1) is 6.20 Å². The molecular formula is C20H23N5O2. The summed E-state index contributed by atoms with van der Waals surface area (Å²) in [5.41, 5.74) is 1.49. The van der Waals surface area contributed by atoms with Gasteiger partial charge in [0.25, 0.3) is 5.91 Å². The van der Waals surface area contributed by atoms with Crippen molar-refractivity contribution in [3.05, 3.63) is 54.4 Å². The summed E-state index contributed by atoms with van der Waals surface area (Å²) in [4.78, 5) is 41.6. The average molecular weight is 365 g/mol. The molecule has 7 heteroatoms. The molecule has 2 aromatic heterocycles. The Morgan fingerprint density at radius 3 is 2.63 bits per heavy atom. The van der Waals surface area contributed by atoms with E-state index in [4.69, 9.17) is 0 Å². The van der Waals surface area contributed by atoms with Crippen molar-refractivity contribution in [2.75, 3.05) is 19.6 Å². The zero-order valence-electron chi connectivity index (χ0n) is 15.2. The van der Waals surface area contributed by atoms with E-state index in [0.29, 0.717) is 31.1 Å². The molecule has 0 aromatic carbocycles. The number of hydrogen-bond acceptors (Lipinski definition) is 5. The van der Waals surface area contributed by atoms with Crippen molar-refractivity contribution in [2.45, 2.75) is 31.7 Å². The van der Waals surface area contributed by atoms with Crippen LogP contribution in [0.2, 0.25) is 0 Å². The van der Waals surface area contributed by atoms with Crippen molar-refractivity contribution < 1.29 is 9.59 Å². The molecule has 0 radical (unpaired) electrons. The molecule has 5 heterocycles. The Morgan fingerprint density at radius 1 is 1.00 bits per heavy atom. The molecule has 140 valence electrons. The number of hydrogen-bond donors (Lipinski definition) is 0. The van der Waals surface area contributed by atoms with E-state index in [1.54, 1.807) is 18.6 Å². The second kappa shape index (κ2) is 7.82. The Kier molecular flexibility index (Phi) is 5.09. The van der Waals surface area contributed by atoms with Gasteiger partial charge in [0.2, 0.25) is 5.91 Å². The van der Waals surface area contributed by atoms with Crippen LogP contribution in [0.25, 0.3) is 0 Å². The fourth-order valence-corrected chi connectivity index (χ4v) is 4.07. The van der Waals surface area contributed by atoms with Crippen LogP contribution in [0.1, 0.15) is 35.3 Å². The van der Waals surface area contributed by atoms with Gasteiger partial charge in [0.15, 0.2) is 0 Å². The van der Waals surface area contributed by atoms with E-state index < -0.39 is 0 Å². The van der Waals surface area contributed by atoms with Gasteiger partial charge in [0, 0.05) is 56.9 Å². The van der Waals surface area contributed by atoms with Gasteiger partial charge in [-0.3, -0.25) is 19.6 Å². The highest BCUT2D eigenvalue weighted by Gasteiger charge is 2.38. The first-order chi connectivity index (χ1) is 13.2. The number of nitrogens with zero attached hydrogens (tertiary/aromatic N) is 5. The molecular weight excluding hydrogens is 342 g/mol. The highest BCUT2D eigenvalue weighted by atomic mass is 16.2. The van der Waals surface area contributed by atoms with Gasteiger partial charge in [0.1, 0.15) is 5.69 Å². The predicted octanol–water partition coefficient (Wildman–Crippen LogP) is 1.57. The first-order valence-corrected chi connectivity index (χ1v) is 9.44. The number of carbonyl (C=O) groups is 2. The highest BCUT2D eigenvalue weighted by Crippen LogP contribution is 2.29. The van der Waals surface area contributed by atoms with Gasteiger partial charge in [-0.05, 0) is 42.9 Å². The van der Waals surface area contributed by atoms with Crippen LogP contribution in [0.4, 0.5) is 0 Å². The van der Waals surface area contributed by atoms with Gasteiger partial charge in [-0.1, -0.05) is 0 Å². The minimum atomic E-state index is -0.0916. The van der Waals surface area contributed by atoms with Crippen molar-refractivity contribution in [3.63, 3.8) is 0 Å². The summed E-state index contributed by atoms with van der Waals surface area (Å²) in [6, 6.07) is 3.99. The van der Waals surface area contributed by atoms with E-state index >= 15 is 0 Å². The molecule has 0 unspecified atom stereocenters. The Hall–Kier alpha value is -2.83. The maximum absolute atomic E-state index is 12.8. The number of fused-ring (bicyclic) bond motifs is 4. The maximum atomic E-state index is 12.8. The molecule has 2 aromatic rings. The Labute approximate surface area is 158 Å². The number of aryl methyl sites for hydroxylation is 1. The molecule has 7 nitrogen and oxygen atoms in total. The monoisotopic (exact) mass is 365 g/mol. The smallest absolute Gasteiger partial charge is 0.274 e. The average Bonchev–Trinajstić information content (AvgIpc) is 3.05. The van der Waals surface area contributed by atoms with Crippen LogP contribution in [0.15, 0.2) is 43.1 Å². The Bertz CT molecular complexity index is 799. The molecule has 3 aliphatic heterocycles. The fraction of sp³-hybridized carbons (Fsp3) is 0.450. The van der Waals surface area contributed by atoms with Crippen molar-refractivity contribution in [2.24, 2.45) is 5.92 Å². The predicted molar refractivity (Wildman–Crippen MR) is 98.7 cm³/mol. The molecule has 0 N–H and O–H groups in total. The lowest BCUT2D eigenvalue weighted by atomic mass is 9.94. The lowest BCUT2D eigenvalue weighted by Gasteiger charge is -2.36. The molecule has 0 spiro atoms. The quantitative estimate of drug-likeness (QED) is 0.822. The van der Waals surface area contributed by atoms with E-state index in [0.717, 1.165) is 31.4 Å². The van der Waals surface area contributed by atoms with Crippen LogP contribution in [0.5, 0.6) is 0 Å². The second-order valence-corrected chi connectivity index (χ2v) is 7.30. The van der Waals surface area contributed by atoms with Crippen LogP contribution in [0, 0.1) is 5.92 Å². The second-order valence-electron chi connectivity index (χ2n) is 7.30. The van der Waals surface area contributed by atoms with Crippen molar-refractivity contribution in [3.8, 4) is 0 Å². The highest BCUT2D eigenvalue weighted by molar-refractivity contribution is 5.92. The van der Waals surface area contributed by atoms with E-state index in [2.05, 4.69) is 15.0 Å². The third-order valence-corrected chi connectivity index (χ3v) is 5.48. The minimum Gasteiger partial charge on any atom is -0.338 e. The largest absolute Gasteiger partial charge is 0.338 e. The van der Waals surface area contributed by atoms with Gasteiger partial charge >= 0.3 is 0 Å². The third kappa shape index (κ3) is 3.97. The van der Waals surface area contributed by atoms with E-state index in [9.17, 15) is 9.59 Å². The first-order valence-electron chi connectivity index (χ1n) is 9.44. The molecule has 3 fully saturated rings. The van der Waals surface area contributed by atoms with E-state index in [1.807, 2.05) is 21.9 Å². The summed E-state index contributed by atoms with van der Waals surface area (Å²) in [5, 5.41) is 0. The van der Waals surface area contributed by atoms with Crippen LogP contribution in [-0.2, 0) is 11.2 Å². The molecule has 2 amide bonds. The van der Waals surface area contributed by atoms with Crippen LogP contribution < -0.4 is 0 Å². The Morgan fingerprint density at radius 2 is 1.85 bits per heavy atom. The maximum Gasteiger partial charge on any atom is 0.274 e. The summed E-state index contributed by atoms with van der Waals surface area (Å²) in [5.74, 6) is 0.413. The topological polar surface area (TPSA) is 79.3 Å². The number of aromatic nitrogens is 3. The number of carbonyl (C=O) groups excluding carboxylic acids is 2. The number of amides is 2. The van der Waals surface area contributed by atoms with Crippen LogP contribution in [0.3, 0.4) is 0 Å². The van der Waals surface area contributed by atoms with Crippen molar-refractivity contribution >= 4 is 11.8 Å². The fourth-order valence-electron chi connectivity index (χ4n) is 4.07. The summed E-state index contributed by atoms with van der Waals surface area (Å²) >= 11 is 0. The van der Waals surface area contributed by atoms with Crippen LogP contribution >= 0.6 is 0 Å². The molecule has 5 rings (SSSR count). The van der Waals surface area contributed by atoms with Gasteiger partial charge in [-0.2, -0.15) is 0 Å². The third-order valence-electron chi connectivity index (χ3n) is 5.48. The molecule has 3 aliphatic rings. The summed E-state index contributed by atoms with van der Waals surface area (Å²) in [6.45, 7) is 2.00. The first kappa shape index (κ1) is 17.6. The van der Waals surface area contributed by atoms with Gasteiger partial charge in [-0.25, -0.2) is 4.98 Å². The zero-order valence-corrected chi connectivity index (χ0v) is 15.2. The summed E-state index contributed by atoms with van der Waals surface area (Å²) in [6.07, 6.45) is 11.3. The lowest BCUT2D eigenvalue weighted by Crippen LogP contribution is -2.47. The zero-order chi connectivity index (χ0) is 18.6. The van der Waals surface area contributed by atoms with Crippen LogP contribution in [-0.4, -0.2) is 62.2 Å². The van der Waals surface area contributed by atoms with Crippen molar-refractivity contribution in [1.82, 2.24) is 24.8 Å². The molecule has 2 bridgehead atoms. The normalized spacial score (nSPS) is 21.8. The number of rotatable bonds is 4. The molecule has 0 saturated carbocycles. The standard InChI is InChI=1S/C20H23N5O2/c26-19(4-2-15-5-7-21-8-6-15)25-13-16-1-3-17(25)14-24(12-16)20(27)18-11-22-9-10-23-18/h5-11,16-17H,1-4,12-14H2/t16-,17+/m0/s1. The van der Waals surface area contributed by atoms with Gasteiger partial charge < -0.3 is 9.80 Å². The lowest BCUT2D eigenvalue weighted by molar-refractivity contribution is -0.135. The number of piperidine rings is 1. The van der Waals surface area contributed by atoms with Crippen molar-refractivity contribution in [1.29, 1.82) is 0 Å². The summed E-state index contributed by atoms with van der Waals surface area (Å²) in [7, 11) is 0.